The number of nitrogens with two attached hydrogens (primary N) is 1. The van der Waals surface area contributed by atoms with Crippen LogP contribution in [0.4, 0.5) is 8.78 Å². The van der Waals surface area contributed by atoms with Gasteiger partial charge in [0.15, 0.2) is 0 Å². The molecule has 1 heterocycles. The first-order chi connectivity index (χ1) is 5.36. The lowest BCUT2D eigenvalue weighted by molar-refractivity contribution is 0.0478. The lowest BCUT2D eigenvalue weighted by Gasteiger charge is -2.31. The van der Waals surface area contributed by atoms with Crippen LogP contribution in [0.3, 0.4) is 0 Å². The second kappa shape index (κ2) is 2.92. The third-order valence-electron chi connectivity index (χ3n) is 2.19. The van der Waals surface area contributed by atoms with Crippen molar-refractivity contribution >= 4 is 9.84 Å². The second-order valence-electron chi connectivity index (χ2n) is 3.19. The number of hydrogen-bond acceptors (Lipinski definition) is 3. The van der Waals surface area contributed by atoms with Crippen LogP contribution in [0, 0.1) is 0 Å². The fraction of sp³-hybridized carbons (Fsp3) is 1.00. The van der Waals surface area contributed by atoms with E-state index < -0.39 is 21.8 Å². The van der Waals surface area contributed by atoms with E-state index in [0.29, 0.717) is 0 Å². The molecule has 1 rings (SSSR count). The minimum absolute atomic E-state index is 0.132. The summed E-state index contributed by atoms with van der Waals surface area (Å²) in [6.45, 7) is 0. The van der Waals surface area contributed by atoms with Crippen LogP contribution in [-0.2, 0) is 9.84 Å². The van der Waals surface area contributed by atoms with Crippen LogP contribution in [0.2, 0.25) is 0 Å². The molecule has 0 spiro atoms. The Bertz CT molecular complexity index is 249. The van der Waals surface area contributed by atoms with Crippen LogP contribution in [-0.4, -0.2) is 31.9 Å². The molecule has 6 heteroatoms. The first kappa shape index (κ1) is 9.85. The van der Waals surface area contributed by atoms with Gasteiger partial charge in [-0.1, -0.05) is 0 Å². The highest BCUT2D eigenvalue weighted by Crippen LogP contribution is 2.26. The van der Waals surface area contributed by atoms with Gasteiger partial charge in [0, 0.05) is 0 Å². The summed E-state index contributed by atoms with van der Waals surface area (Å²) in [4.78, 5) is 0. The molecule has 1 aliphatic rings. The van der Waals surface area contributed by atoms with Crippen molar-refractivity contribution in [1.82, 2.24) is 0 Å². The number of rotatable bonds is 1. The predicted octanol–water partition coefficient (Wildman–Crippen LogP) is 0.158. The van der Waals surface area contributed by atoms with Crippen molar-refractivity contribution in [3.8, 4) is 0 Å². The van der Waals surface area contributed by atoms with Gasteiger partial charge in [-0.2, -0.15) is 0 Å². The van der Waals surface area contributed by atoms with Gasteiger partial charge in [-0.25, -0.2) is 17.2 Å². The average molecular weight is 199 g/mol. The monoisotopic (exact) mass is 199 g/mol. The Hall–Kier alpha value is -0.230. The fourth-order valence-electron chi connectivity index (χ4n) is 1.14. The molecule has 0 saturated carbocycles. The first-order valence-corrected chi connectivity index (χ1v) is 5.45. The third-order valence-corrected chi connectivity index (χ3v) is 3.84. The van der Waals surface area contributed by atoms with E-state index in [1.165, 1.54) is 0 Å². The third kappa shape index (κ3) is 1.92. The van der Waals surface area contributed by atoms with E-state index in [1.54, 1.807) is 0 Å². The van der Waals surface area contributed by atoms with E-state index in [4.69, 9.17) is 5.73 Å². The van der Waals surface area contributed by atoms with E-state index in [1.807, 2.05) is 0 Å². The largest absolute Gasteiger partial charge is 0.320 e. The fourth-order valence-corrected chi connectivity index (χ4v) is 2.72. The quantitative estimate of drug-likeness (QED) is 0.654. The van der Waals surface area contributed by atoms with Crippen molar-refractivity contribution in [3.05, 3.63) is 0 Å². The Morgan fingerprint density at radius 3 is 2.00 bits per heavy atom. The summed E-state index contributed by atoms with van der Waals surface area (Å²) in [5.74, 6) is -0.429. The number of halogens is 2. The smallest absolute Gasteiger partial charge is 0.256 e. The molecule has 3 nitrogen and oxygen atoms in total. The summed E-state index contributed by atoms with van der Waals surface area (Å²) in [5, 5.41) is 0. The molecule has 0 unspecified atom stereocenters. The Kier molecular flexibility index (Phi) is 2.40. The standard InChI is InChI=1S/C6H11F2NO2S/c7-5(8)6(9)1-3-12(10,11)4-2-6/h5H,1-4,9H2. The van der Waals surface area contributed by atoms with Crippen LogP contribution in [0.25, 0.3) is 0 Å². The highest BCUT2D eigenvalue weighted by Gasteiger charge is 2.41. The van der Waals surface area contributed by atoms with Crippen LogP contribution >= 0.6 is 0 Å². The lowest BCUT2D eigenvalue weighted by atomic mass is 9.94. The molecule has 0 bridgehead atoms. The van der Waals surface area contributed by atoms with E-state index in [-0.39, 0.29) is 24.3 Å². The summed E-state index contributed by atoms with van der Waals surface area (Å²) in [6, 6.07) is 0. The normalized spacial score (nSPS) is 27.3. The van der Waals surface area contributed by atoms with Gasteiger partial charge in [-0.15, -0.1) is 0 Å². The van der Waals surface area contributed by atoms with Crippen molar-refractivity contribution in [3.63, 3.8) is 0 Å². The first-order valence-electron chi connectivity index (χ1n) is 3.63. The number of alkyl halides is 2. The summed E-state index contributed by atoms with van der Waals surface area (Å²) in [5.41, 5.74) is 3.73. The Morgan fingerprint density at radius 2 is 1.67 bits per heavy atom. The average Bonchev–Trinajstić information content (AvgIpc) is 1.96. The molecule has 0 aromatic carbocycles. The minimum atomic E-state index is -3.10. The predicted molar refractivity (Wildman–Crippen MR) is 40.8 cm³/mol. The van der Waals surface area contributed by atoms with Gasteiger partial charge in [0.25, 0.3) is 6.43 Å². The van der Waals surface area contributed by atoms with Gasteiger partial charge in [-0.3, -0.25) is 0 Å². The number of hydrogen-bond donors (Lipinski definition) is 1. The zero-order valence-corrected chi connectivity index (χ0v) is 7.28. The van der Waals surface area contributed by atoms with Crippen molar-refractivity contribution < 1.29 is 17.2 Å². The molecule has 12 heavy (non-hydrogen) atoms. The molecule has 0 amide bonds. The molecule has 1 aliphatic heterocycles. The molecule has 1 saturated heterocycles. The number of sulfone groups is 1. The topological polar surface area (TPSA) is 60.2 Å². The van der Waals surface area contributed by atoms with Crippen LogP contribution in [0.1, 0.15) is 12.8 Å². The second-order valence-corrected chi connectivity index (χ2v) is 5.49. The Balaban J connectivity index is 2.68. The molecule has 0 aliphatic carbocycles. The summed E-state index contributed by atoms with van der Waals surface area (Å²) < 4.78 is 46.2. The minimum Gasteiger partial charge on any atom is -0.320 e. The molecule has 1 fully saturated rings. The van der Waals surface area contributed by atoms with Crippen molar-refractivity contribution in [1.29, 1.82) is 0 Å². The van der Waals surface area contributed by atoms with Gasteiger partial charge in [-0.05, 0) is 12.8 Å². The molecule has 0 aromatic rings. The maximum absolute atomic E-state index is 12.2. The summed E-state index contributed by atoms with van der Waals surface area (Å²) in [7, 11) is -3.10. The lowest BCUT2D eigenvalue weighted by Crippen LogP contribution is -2.52. The molecule has 2 N–H and O–H groups in total. The van der Waals surface area contributed by atoms with E-state index in [9.17, 15) is 17.2 Å². The van der Waals surface area contributed by atoms with Crippen molar-refractivity contribution in [2.45, 2.75) is 24.8 Å². The molecular formula is C6H11F2NO2S. The SMILES string of the molecule is NC1(C(F)F)CCS(=O)(=O)CC1. The van der Waals surface area contributed by atoms with Crippen LogP contribution in [0.5, 0.6) is 0 Å². The molecular weight excluding hydrogens is 188 g/mol. The van der Waals surface area contributed by atoms with E-state index in [2.05, 4.69) is 0 Å². The molecule has 0 radical (unpaired) electrons. The zero-order valence-electron chi connectivity index (χ0n) is 6.46. The van der Waals surface area contributed by atoms with E-state index in [0.717, 1.165) is 0 Å². The van der Waals surface area contributed by atoms with Crippen molar-refractivity contribution in [2.24, 2.45) is 5.73 Å². The van der Waals surface area contributed by atoms with Crippen LogP contribution in [0.15, 0.2) is 0 Å². The van der Waals surface area contributed by atoms with Gasteiger partial charge in [0.1, 0.15) is 9.84 Å². The Morgan fingerprint density at radius 1 is 1.25 bits per heavy atom. The Labute approximate surface area is 69.9 Å². The molecule has 0 aromatic heterocycles. The summed E-state index contributed by atoms with van der Waals surface area (Å²) >= 11 is 0. The maximum Gasteiger partial charge on any atom is 0.256 e. The van der Waals surface area contributed by atoms with E-state index >= 15 is 0 Å². The van der Waals surface area contributed by atoms with Gasteiger partial charge >= 0.3 is 0 Å². The van der Waals surface area contributed by atoms with Gasteiger partial charge < -0.3 is 5.73 Å². The zero-order chi connectivity index (χ0) is 9.41. The van der Waals surface area contributed by atoms with Gasteiger partial charge in [0.2, 0.25) is 0 Å². The highest BCUT2D eigenvalue weighted by molar-refractivity contribution is 7.91. The molecule has 0 atom stereocenters. The maximum atomic E-state index is 12.2. The highest BCUT2D eigenvalue weighted by atomic mass is 32.2. The van der Waals surface area contributed by atoms with Crippen molar-refractivity contribution in [2.75, 3.05) is 11.5 Å². The van der Waals surface area contributed by atoms with Crippen LogP contribution < -0.4 is 5.73 Å². The molecule has 72 valence electrons. The van der Waals surface area contributed by atoms with Gasteiger partial charge in [0.05, 0.1) is 17.0 Å². The summed E-state index contributed by atoms with van der Waals surface area (Å²) in [6.07, 6.45) is -2.90.